The van der Waals surface area contributed by atoms with Gasteiger partial charge in [0.05, 0.1) is 12.7 Å². The summed E-state index contributed by atoms with van der Waals surface area (Å²) in [5.41, 5.74) is 1.93. The summed E-state index contributed by atoms with van der Waals surface area (Å²) in [7, 11) is -2.33. The number of hydrogen-bond donors (Lipinski definition) is 1. The first-order valence-corrected chi connectivity index (χ1v) is 13.2. The molecular weight excluding hydrogens is 462 g/mol. The normalized spacial score (nSPS) is 17.6. The van der Waals surface area contributed by atoms with Gasteiger partial charge < -0.3 is 15.0 Å². The molecule has 1 aromatic carbocycles. The van der Waals surface area contributed by atoms with Gasteiger partial charge in [-0.3, -0.25) is 4.79 Å². The van der Waals surface area contributed by atoms with Crippen LogP contribution in [0.15, 0.2) is 38.9 Å². The number of nitrogens with one attached hydrogen (secondary N) is 1. The maximum Gasteiger partial charge on any atom is 0.341 e. The fraction of sp³-hybridized carbons (Fsp3) is 0.435. The quantitative estimate of drug-likeness (QED) is 0.644. The predicted molar refractivity (Wildman–Crippen MR) is 127 cm³/mol. The zero-order chi connectivity index (χ0) is 23.8. The predicted octanol–water partition coefficient (Wildman–Crippen LogP) is 3.53. The number of amides is 1. The van der Waals surface area contributed by atoms with E-state index in [0.717, 1.165) is 12.0 Å². The van der Waals surface area contributed by atoms with Crippen molar-refractivity contribution >= 4 is 44.1 Å². The number of nitrogens with zero attached hydrogens (tertiary/aromatic N) is 2. The van der Waals surface area contributed by atoms with Crippen LogP contribution >= 0.6 is 11.3 Å². The smallest absolute Gasteiger partial charge is 0.341 e. The van der Waals surface area contributed by atoms with Gasteiger partial charge in [0.2, 0.25) is 5.91 Å². The number of fused-ring (bicyclic) bond motifs is 1. The second-order valence-electron chi connectivity index (χ2n) is 8.69. The topological polar surface area (TPSA) is 105 Å². The van der Waals surface area contributed by atoms with E-state index in [1.807, 2.05) is 10.3 Å². The van der Waals surface area contributed by atoms with Gasteiger partial charge in [0.1, 0.15) is 9.90 Å². The molecule has 0 bridgehead atoms. The van der Waals surface area contributed by atoms with Crippen LogP contribution < -0.4 is 5.32 Å². The number of ether oxygens (including phenoxy) is 1. The highest BCUT2D eigenvalue weighted by atomic mass is 32.2. The molecule has 0 aliphatic carbocycles. The average Bonchev–Trinajstić information content (AvgIpc) is 3.30. The molecule has 1 saturated heterocycles. The van der Waals surface area contributed by atoms with E-state index in [1.165, 1.54) is 18.4 Å². The third-order valence-electron chi connectivity index (χ3n) is 5.90. The number of piperidine rings is 1. The number of benzene rings is 1. The van der Waals surface area contributed by atoms with Crippen molar-refractivity contribution in [3.05, 3.63) is 46.3 Å². The Hall–Kier alpha value is -2.72. The lowest BCUT2D eigenvalue weighted by Crippen LogP contribution is -2.41. The number of amidine groups is 1. The van der Waals surface area contributed by atoms with Gasteiger partial charge in [0.15, 0.2) is 5.84 Å². The molecule has 0 unspecified atom stereocenters. The first-order chi connectivity index (χ1) is 15.7. The molecule has 176 valence electrons. The molecule has 2 aromatic rings. The minimum Gasteiger partial charge on any atom is -0.465 e. The maximum atomic E-state index is 13.0. The van der Waals surface area contributed by atoms with E-state index < -0.39 is 16.0 Å². The fourth-order valence-corrected chi connectivity index (χ4v) is 6.48. The van der Waals surface area contributed by atoms with E-state index in [4.69, 9.17) is 4.74 Å². The molecule has 4 rings (SSSR count). The number of carbonyl (C=O) groups excluding carboxylic acids is 2. The average molecular weight is 490 g/mol. The Bertz CT molecular complexity index is 1210. The number of hydrogen-bond acceptors (Lipinski definition) is 7. The summed E-state index contributed by atoms with van der Waals surface area (Å²) in [5, 5.41) is 5.36. The number of sulfonamides is 1. The minimum atomic E-state index is -3.67. The van der Waals surface area contributed by atoms with Crippen molar-refractivity contribution in [3.8, 4) is 0 Å². The summed E-state index contributed by atoms with van der Waals surface area (Å²) in [6.45, 7) is 5.19. The van der Waals surface area contributed by atoms with Gasteiger partial charge in [-0.05, 0) is 48.3 Å². The Labute approximate surface area is 197 Å². The van der Waals surface area contributed by atoms with E-state index in [2.05, 4.69) is 23.6 Å². The number of likely N-dealkylation sites (tertiary alicyclic amines) is 1. The monoisotopic (exact) mass is 489 g/mol. The number of carbonyl (C=O) groups is 2. The highest BCUT2D eigenvalue weighted by Gasteiger charge is 2.35. The standard InChI is InChI=1S/C23H27N3O5S2/c1-14(2)12-16-13-32-22(19(16)23(28)31-3)24-21(27)15-8-10-26(11-9-15)20-17-6-4-5-7-18(17)33(29,30)25-20/h4-7,13-15H,8-12H2,1-3H3,(H,24,27). The molecule has 2 aliphatic heterocycles. The van der Waals surface area contributed by atoms with Crippen molar-refractivity contribution in [2.24, 2.45) is 16.2 Å². The second kappa shape index (κ2) is 9.26. The number of methoxy groups -OCH3 is 1. The van der Waals surface area contributed by atoms with Crippen LogP contribution in [-0.2, 0) is 26.0 Å². The number of anilines is 1. The van der Waals surface area contributed by atoms with Crippen LogP contribution in [0.3, 0.4) is 0 Å². The SMILES string of the molecule is COC(=O)c1c(CC(C)C)csc1NC(=O)C1CCN(C2=NS(=O)(=O)c3ccccc32)CC1. The van der Waals surface area contributed by atoms with Crippen LogP contribution in [0.1, 0.15) is 48.2 Å². The van der Waals surface area contributed by atoms with Gasteiger partial charge in [-0.2, -0.15) is 8.42 Å². The minimum absolute atomic E-state index is 0.140. The maximum absolute atomic E-state index is 13.0. The third-order valence-corrected chi connectivity index (χ3v) is 8.17. The van der Waals surface area contributed by atoms with Crippen molar-refractivity contribution in [1.29, 1.82) is 0 Å². The van der Waals surface area contributed by atoms with Crippen LogP contribution in [0.25, 0.3) is 0 Å². The Morgan fingerprint density at radius 3 is 2.61 bits per heavy atom. The lowest BCUT2D eigenvalue weighted by atomic mass is 9.95. The number of thiophene rings is 1. The Morgan fingerprint density at radius 2 is 1.94 bits per heavy atom. The van der Waals surface area contributed by atoms with Crippen molar-refractivity contribution < 1.29 is 22.7 Å². The van der Waals surface area contributed by atoms with E-state index in [1.54, 1.807) is 24.3 Å². The van der Waals surface area contributed by atoms with Gasteiger partial charge in [0, 0.05) is 24.6 Å². The van der Waals surface area contributed by atoms with Crippen LogP contribution in [0.2, 0.25) is 0 Å². The van der Waals surface area contributed by atoms with Crippen molar-refractivity contribution in [1.82, 2.24) is 4.90 Å². The summed E-state index contributed by atoms with van der Waals surface area (Å²) < 4.78 is 33.6. The van der Waals surface area contributed by atoms with Crippen LogP contribution in [0.5, 0.6) is 0 Å². The van der Waals surface area contributed by atoms with Gasteiger partial charge in [0.25, 0.3) is 10.0 Å². The molecule has 0 saturated carbocycles. The second-order valence-corrected chi connectivity index (χ2v) is 11.1. The zero-order valence-corrected chi connectivity index (χ0v) is 20.5. The third kappa shape index (κ3) is 4.67. The van der Waals surface area contributed by atoms with E-state index >= 15 is 0 Å². The van der Waals surface area contributed by atoms with Gasteiger partial charge >= 0.3 is 5.97 Å². The lowest BCUT2D eigenvalue weighted by molar-refractivity contribution is -0.120. The molecule has 10 heteroatoms. The largest absolute Gasteiger partial charge is 0.465 e. The van der Waals surface area contributed by atoms with Gasteiger partial charge in [-0.1, -0.05) is 26.0 Å². The van der Waals surface area contributed by atoms with Gasteiger partial charge in [-0.15, -0.1) is 15.7 Å². The molecule has 1 N–H and O–H groups in total. The Kier molecular flexibility index (Phi) is 6.58. The molecular formula is C23H27N3O5S2. The van der Waals surface area contributed by atoms with Crippen LogP contribution in [-0.4, -0.2) is 51.2 Å². The molecule has 8 nitrogen and oxygen atoms in total. The zero-order valence-electron chi connectivity index (χ0n) is 18.8. The lowest BCUT2D eigenvalue weighted by Gasteiger charge is -2.32. The van der Waals surface area contributed by atoms with E-state index in [0.29, 0.717) is 53.8 Å². The molecule has 33 heavy (non-hydrogen) atoms. The molecule has 1 aromatic heterocycles. The number of esters is 1. The molecule has 0 radical (unpaired) electrons. The first kappa shape index (κ1) is 23.4. The van der Waals surface area contributed by atoms with Crippen molar-refractivity contribution in [2.75, 3.05) is 25.5 Å². The Morgan fingerprint density at radius 1 is 1.24 bits per heavy atom. The summed E-state index contributed by atoms with van der Waals surface area (Å²) in [5.74, 6) is -0.0103. The Balaban J connectivity index is 1.44. The summed E-state index contributed by atoms with van der Waals surface area (Å²) in [4.78, 5) is 27.5. The molecule has 2 aliphatic rings. The van der Waals surface area contributed by atoms with Crippen LogP contribution in [0, 0.1) is 11.8 Å². The van der Waals surface area contributed by atoms with Gasteiger partial charge in [-0.25, -0.2) is 4.79 Å². The summed E-state index contributed by atoms with van der Waals surface area (Å²) >= 11 is 1.34. The van der Waals surface area contributed by atoms with Crippen molar-refractivity contribution in [3.63, 3.8) is 0 Å². The fourth-order valence-electron chi connectivity index (χ4n) is 4.29. The summed E-state index contributed by atoms with van der Waals surface area (Å²) in [6, 6.07) is 6.81. The molecule has 3 heterocycles. The van der Waals surface area contributed by atoms with Crippen LogP contribution in [0.4, 0.5) is 5.00 Å². The molecule has 0 atom stereocenters. The van der Waals surface area contributed by atoms with E-state index in [9.17, 15) is 18.0 Å². The van der Waals surface area contributed by atoms with E-state index in [-0.39, 0.29) is 16.7 Å². The highest BCUT2D eigenvalue weighted by molar-refractivity contribution is 7.90. The first-order valence-electron chi connectivity index (χ1n) is 10.9. The van der Waals surface area contributed by atoms with Crippen molar-refractivity contribution in [2.45, 2.75) is 38.0 Å². The molecule has 0 spiro atoms. The number of rotatable bonds is 5. The summed E-state index contributed by atoms with van der Waals surface area (Å²) in [6.07, 6.45) is 1.84. The molecule has 1 amide bonds. The highest BCUT2D eigenvalue weighted by Crippen LogP contribution is 2.33. The molecule has 1 fully saturated rings.